The van der Waals surface area contributed by atoms with E-state index in [1.54, 1.807) is 43.3 Å². The summed E-state index contributed by atoms with van der Waals surface area (Å²) in [5, 5.41) is 2.77. The molecule has 6 heteroatoms. The summed E-state index contributed by atoms with van der Waals surface area (Å²) in [4.78, 5) is 24.1. The number of nitrogens with one attached hydrogen (secondary N) is 1. The maximum absolute atomic E-state index is 12.2. The van der Waals surface area contributed by atoms with Gasteiger partial charge in [-0.2, -0.15) is 0 Å². The minimum atomic E-state index is -0.658. The summed E-state index contributed by atoms with van der Waals surface area (Å²) in [7, 11) is 0. The average molecular weight is 420 g/mol. The van der Waals surface area contributed by atoms with E-state index in [1.165, 1.54) is 0 Å². The monoisotopic (exact) mass is 419 g/mol. The van der Waals surface area contributed by atoms with Crippen molar-refractivity contribution in [3.63, 3.8) is 0 Å². The number of carbonyl (C=O) groups excluding carboxylic acids is 2. The van der Waals surface area contributed by atoms with Crippen LogP contribution in [0.2, 0.25) is 0 Å². The maximum atomic E-state index is 12.2. The predicted molar refractivity (Wildman–Crippen MR) is 104 cm³/mol. The molecule has 1 atom stereocenters. The minimum Gasteiger partial charge on any atom is -0.481 e. The van der Waals surface area contributed by atoms with Crippen LogP contribution in [0.3, 0.4) is 0 Å². The van der Waals surface area contributed by atoms with E-state index in [1.807, 2.05) is 19.1 Å². The van der Waals surface area contributed by atoms with Crippen molar-refractivity contribution < 1.29 is 19.1 Å². The Kier molecular flexibility index (Phi) is 7.66. The van der Waals surface area contributed by atoms with Gasteiger partial charge in [-0.05, 0) is 61.9 Å². The van der Waals surface area contributed by atoms with Gasteiger partial charge in [-0.25, -0.2) is 4.79 Å². The molecule has 0 saturated heterocycles. The number of anilines is 1. The lowest BCUT2D eigenvalue weighted by atomic mass is 10.2. The first kappa shape index (κ1) is 20.0. The number of halogens is 1. The van der Waals surface area contributed by atoms with Gasteiger partial charge in [0.25, 0.3) is 5.91 Å². The normalized spacial score (nSPS) is 11.5. The second-order valence-corrected chi connectivity index (χ2v) is 6.69. The third kappa shape index (κ3) is 6.19. The van der Waals surface area contributed by atoms with Gasteiger partial charge in [0.1, 0.15) is 5.75 Å². The van der Waals surface area contributed by atoms with Gasteiger partial charge in [-0.3, -0.25) is 4.79 Å². The average Bonchev–Trinajstić information content (AvgIpc) is 2.64. The molecule has 0 spiro atoms. The maximum Gasteiger partial charge on any atom is 0.338 e. The summed E-state index contributed by atoms with van der Waals surface area (Å²) in [5.74, 6) is -0.0181. The molecule has 5 nitrogen and oxygen atoms in total. The number of rotatable bonds is 8. The van der Waals surface area contributed by atoms with Crippen molar-refractivity contribution in [1.29, 1.82) is 0 Å². The van der Waals surface area contributed by atoms with Crippen molar-refractivity contribution in [2.45, 2.75) is 32.8 Å². The lowest BCUT2D eigenvalue weighted by molar-refractivity contribution is -0.122. The highest BCUT2D eigenvalue weighted by Gasteiger charge is 2.15. The Balaban J connectivity index is 1.88. The zero-order valence-electron chi connectivity index (χ0n) is 14.8. The smallest absolute Gasteiger partial charge is 0.338 e. The van der Waals surface area contributed by atoms with E-state index in [4.69, 9.17) is 9.47 Å². The van der Waals surface area contributed by atoms with Gasteiger partial charge in [0.05, 0.1) is 12.2 Å². The van der Waals surface area contributed by atoms with Crippen LogP contribution in [0.25, 0.3) is 0 Å². The van der Waals surface area contributed by atoms with Gasteiger partial charge in [0.15, 0.2) is 6.10 Å². The molecular formula is C20H22BrNO4. The number of benzene rings is 2. The third-order valence-corrected chi connectivity index (χ3v) is 4.14. The number of carbonyl (C=O) groups is 2. The molecule has 0 unspecified atom stereocenters. The quantitative estimate of drug-likeness (QED) is 0.492. The highest BCUT2D eigenvalue weighted by Crippen LogP contribution is 2.18. The molecule has 0 aliphatic heterocycles. The second-order valence-electron chi connectivity index (χ2n) is 5.77. The fourth-order valence-electron chi connectivity index (χ4n) is 2.10. The van der Waals surface area contributed by atoms with E-state index in [0.29, 0.717) is 23.6 Å². The number of amides is 1. The first-order chi connectivity index (χ1) is 12.5. The van der Waals surface area contributed by atoms with Crippen molar-refractivity contribution in [3.8, 4) is 5.75 Å². The SMILES string of the molecule is CCCCOC(=O)c1ccc(NC(=O)[C@H](C)Oc2ccc(Br)cc2)cc1. The Morgan fingerprint density at radius 1 is 1.08 bits per heavy atom. The molecule has 0 aliphatic rings. The van der Waals surface area contributed by atoms with Gasteiger partial charge in [0.2, 0.25) is 0 Å². The molecule has 0 heterocycles. The van der Waals surface area contributed by atoms with Crippen molar-refractivity contribution in [1.82, 2.24) is 0 Å². The van der Waals surface area contributed by atoms with E-state index >= 15 is 0 Å². The molecule has 2 aromatic carbocycles. The summed E-state index contributed by atoms with van der Waals surface area (Å²) >= 11 is 3.35. The Bertz CT molecular complexity index is 728. The number of hydrogen-bond donors (Lipinski definition) is 1. The van der Waals surface area contributed by atoms with Crippen LogP contribution in [-0.2, 0) is 9.53 Å². The van der Waals surface area contributed by atoms with E-state index in [-0.39, 0.29) is 11.9 Å². The van der Waals surface area contributed by atoms with Gasteiger partial charge in [0, 0.05) is 10.2 Å². The summed E-state index contributed by atoms with van der Waals surface area (Å²) in [5.41, 5.74) is 1.05. The molecule has 1 amide bonds. The lowest BCUT2D eigenvalue weighted by Gasteiger charge is -2.15. The summed E-state index contributed by atoms with van der Waals surface area (Å²) in [6, 6.07) is 13.9. The number of unbranched alkanes of at least 4 members (excludes halogenated alkanes) is 1. The summed E-state index contributed by atoms with van der Waals surface area (Å²) in [6.07, 6.45) is 1.16. The Hall–Kier alpha value is -2.34. The van der Waals surface area contributed by atoms with E-state index in [2.05, 4.69) is 21.2 Å². The van der Waals surface area contributed by atoms with Crippen molar-refractivity contribution in [3.05, 3.63) is 58.6 Å². The van der Waals surface area contributed by atoms with Gasteiger partial charge >= 0.3 is 5.97 Å². The fraction of sp³-hybridized carbons (Fsp3) is 0.300. The van der Waals surface area contributed by atoms with Gasteiger partial charge < -0.3 is 14.8 Å². The molecule has 0 aromatic heterocycles. The van der Waals surface area contributed by atoms with Crippen LogP contribution in [0.1, 0.15) is 37.0 Å². The summed E-state index contributed by atoms with van der Waals surface area (Å²) in [6.45, 7) is 4.13. The van der Waals surface area contributed by atoms with Crippen molar-refractivity contribution in [2.75, 3.05) is 11.9 Å². The first-order valence-corrected chi connectivity index (χ1v) is 9.29. The van der Waals surface area contributed by atoms with E-state index in [0.717, 1.165) is 17.3 Å². The fourth-order valence-corrected chi connectivity index (χ4v) is 2.36. The van der Waals surface area contributed by atoms with Gasteiger partial charge in [-0.15, -0.1) is 0 Å². The second kappa shape index (κ2) is 9.97. The topological polar surface area (TPSA) is 64.6 Å². The van der Waals surface area contributed by atoms with Crippen LogP contribution in [0.5, 0.6) is 5.75 Å². The Labute approximate surface area is 161 Å². The van der Waals surface area contributed by atoms with Crippen LogP contribution < -0.4 is 10.1 Å². The van der Waals surface area contributed by atoms with Crippen molar-refractivity contribution in [2.24, 2.45) is 0 Å². The molecule has 0 aliphatic carbocycles. The largest absolute Gasteiger partial charge is 0.481 e. The van der Waals surface area contributed by atoms with Crippen LogP contribution >= 0.6 is 15.9 Å². The zero-order chi connectivity index (χ0) is 18.9. The minimum absolute atomic E-state index is 0.272. The summed E-state index contributed by atoms with van der Waals surface area (Å²) < 4.78 is 11.7. The van der Waals surface area contributed by atoms with Crippen LogP contribution in [0.15, 0.2) is 53.0 Å². The zero-order valence-corrected chi connectivity index (χ0v) is 16.4. The number of hydrogen-bond acceptors (Lipinski definition) is 4. The molecule has 2 rings (SSSR count). The van der Waals surface area contributed by atoms with Crippen LogP contribution in [-0.4, -0.2) is 24.6 Å². The molecule has 0 bridgehead atoms. The van der Waals surface area contributed by atoms with Gasteiger partial charge in [-0.1, -0.05) is 29.3 Å². The molecule has 0 fully saturated rings. The highest BCUT2D eigenvalue weighted by atomic mass is 79.9. The first-order valence-electron chi connectivity index (χ1n) is 8.50. The molecule has 2 aromatic rings. The molecule has 0 radical (unpaired) electrons. The highest BCUT2D eigenvalue weighted by molar-refractivity contribution is 9.10. The standard InChI is InChI=1S/C20H22BrNO4/c1-3-4-13-25-20(24)15-5-9-17(10-6-15)22-19(23)14(2)26-18-11-7-16(21)8-12-18/h5-12,14H,3-4,13H2,1-2H3,(H,22,23)/t14-/m0/s1. The molecule has 0 saturated carbocycles. The Morgan fingerprint density at radius 2 is 1.73 bits per heavy atom. The van der Waals surface area contributed by atoms with Crippen LogP contribution in [0.4, 0.5) is 5.69 Å². The third-order valence-electron chi connectivity index (χ3n) is 3.61. The van der Waals surface area contributed by atoms with E-state index in [9.17, 15) is 9.59 Å². The molecular weight excluding hydrogens is 398 g/mol. The molecule has 1 N–H and O–H groups in total. The Morgan fingerprint density at radius 3 is 2.35 bits per heavy atom. The van der Waals surface area contributed by atoms with Crippen molar-refractivity contribution >= 4 is 33.5 Å². The van der Waals surface area contributed by atoms with Crippen LogP contribution in [0, 0.1) is 0 Å². The molecule has 138 valence electrons. The molecule has 26 heavy (non-hydrogen) atoms. The van der Waals surface area contributed by atoms with E-state index < -0.39 is 6.10 Å². The lowest BCUT2D eigenvalue weighted by Crippen LogP contribution is -2.30. The predicted octanol–water partition coefficient (Wildman–Crippen LogP) is 4.81. The number of esters is 1. The number of ether oxygens (including phenoxy) is 2.